The van der Waals surface area contributed by atoms with E-state index in [4.69, 9.17) is 0 Å². The number of alkyl halides is 4. The zero-order chi connectivity index (χ0) is 14.4. The molecule has 0 bridgehead atoms. The van der Waals surface area contributed by atoms with Crippen LogP contribution in [0.15, 0.2) is 0 Å². The molecule has 1 amide bonds. The number of amides is 1. The van der Waals surface area contributed by atoms with E-state index in [9.17, 15) is 18.0 Å². The SMILES string of the molecule is O=C(CCOCC(F)(F)F)NCC1(CBr)CCCC1. The summed E-state index contributed by atoms with van der Waals surface area (Å²) in [7, 11) is 0. The Morgan fingerprint density at radius 1 is 1.32 bits per heavy atom. The first-order valence-corrected chi connectivity index (χ1v) is 7.46. The van der Waals surface area contributed by atoms with Crippen LogP contribution in [0.1, 0.15) is 32.1 Å². The van der Waals surface area contributed by atoms with Crippen molar-refractivity contribution in [2.75, 3.05) is 25.1 Å². The molecule has 0 aliphatic heterocycles. The van der Waals surface area contributed by atoms with E-state index in [0.29, 0.717) is 6.54 Å². The lowest BCUT2D eigenvalue weighted by Gasteiger charge is -2.26. The number of carbonyl (C=O) groups excluding carboxylic acids is 1. The van der Waals surface area contributed by atoms with Crippen molar-refractivity contribution >= 4 is 21.8 Å². The molecular formula is C12H19BrF3NO2. The minimum Gasteiger partial charge on any atom is -0.372 e. The molecule has 0 radical (unpaired) electrons. The van der Waals surface area contributed by atoms with Gasteiger partial charge in [-0.15, -0.1) is 0 Å². The number of ether oxygens (including phenoxy) is 1. The molecule has 3 nitrogen and oxygen atoms in total. The summed E-state index contributed by atoms with van der Waals surface area (Å²) in [6.45, 7) is -0.922. The van der Waals surface area contributed by atoms with Crippen LogP contribution >= 0.6 is 15.9 Å². The van der Waals surface area contributed by atoms with Crippen molar-refractivity contribution < 1.29 is 22.7 Å². The Kier molecular flexibility index (Phi) is 6.59. The van der Waals surface area contributed by atoms with E-state index in [-0.39, 0.29) is 24.3 Å². The maximum Gasteiger partial charge on any atom is 0.411 e. The van der Waals surface area contributed by atoms with E-state index in [2.05, 4.69) is 26.0 Å². The Bertz CT molecular complexity index is 291. The Morgan fingerprint density at radius 3 is 2.47 bits per heavy atom. The highest BCUT2D eigenvalue weighted by atomic mass is 79.9. The molecule has 1 saturated carbocycles. The second kappa shape index (κ2) is 7.47. The molecule has 1 rings (SSSR count). The predicted molar refractivity (Wildman–Crippen MR) is 69.2 cm³/mol. The fourth-order valence-corrected chi connectivity index (χ4v) is 2.97. The van der Waals surface area contributed by atoms with Crippen molar-refractivity contribution in [1.82, 2.24) is 5.32 Å². The highest BCUT2D eigenvalue weighted by molar-refractivity contribution is 9.09. The summed E-state index contributed by atoms with van der Waals surface area (Å²) in [6.07, 6.45) is 0.104. The third-order valence-electron chi connectivity index (χ3n) is 3.35. The van der Waals surface area contributed by atoms with Crippen molar-refractivity contribution in [3.05, 3.63) is 0 Å². The van der Waals surface area contributed by atoms with Crippen LogP contribution in [0.4, 0.5) is 13.2 Å². The molecule has 0 aromatic rings. The first-order chi connectivity index (χ1) is 8.87. The van der Waals surface area contributed by atoms with Crippen molar-refractivity contribution in [2.24, 2.45) is 5.41 Å². The topological polar surface area (TPSA) is 38.3 Å². The quantitative estimate of drug-likeness (QED) is 0.569. The summed E-state index contributed by atoms with van der Waals surface area (Å²) in [5.74, 6) is -0.255. The molecule has 1 N–H and O–H groups in total. The van der Waals surface area contributed by atoms with Gasteiger partial charge in [0.2, 0.25) is 5.91 Å². The number of hydrogen-bond acceptors (Lipinski definition) is 2. The van der Waals surface area contributed by atoms with E-state index in [1.54, 1.807) is 0 Å². The van der Waals surface area contributed by atoms with Gasteiger partial charge in [-0.2, -0.15) is 13.2 Å². The van der Waals surface area contributed by atoms with Crippen molar-refractivity contribution in [3.63, 3.8) is 0 Å². The van der Waals surface area contributed by atoms with Crippen LogP contribution in [0.5, 0.6) is 0 Å². The monoisotopic (exact) mass is 345 g/mol. The molecule has 0 aromatic heterocycles. The second-order valence-electron chi connectivity index (χ2n) is 5.04. The lowest BCUT2D eigenvalue weighted by atomic mass is 9.89. The van der Waals surface area contributed by atoms with Crippen LogP contribution in [-0.2, 0) is 9.53 Å². The van der Waals surface area contributed by atoms with Crippen LogP contribution in [0.3, 0.4) is 0 Å². The first-order valence-electron chi connectivity index (χ1n) is 6.34. The second-order valence-corrected chi connectivity index (χ2v) is 5.60. The average molecular weight is 346 g/mol. The summed E-state index contributed by atoms with van der Waals surface area (Å²) in [5, 5.41) is 3.62. The Balaban J connectivity index is 2.14. The number of nitrogens with one attached hydrogen (secondary N) is 1. The standard InChI is InChI=1S/C12H19BrF3NO2/c13-7-11(4-1-2-5-11)8-17-10(18)3-6-19-9-12(14,15)16/h1-9H2,(H,17,18). The molecule has 1 fully saturated rings. The van der Waals surface area contributed by atoms with Gasteiger partial charge in [0.15, 0.2) is 0 Å². The number of hydrogen-bond donors (Lipinski definition) is 1. The third kappa shape index (κ3) is 6.61. The lowest BCUT2D eigenvalue weighted by molar-refractivity contribution is -0.174. The summed E-state index contributed by atoms with van der Waals surface area (Å²) in [4.78, 5) is 11.5. The molecule has 0 saturated heterocycles. The van der Waals surface area contributed by atoms with E-state index >= 15 is 0 Å². The molecular weight excluding hydrogens is 327 g/mol. The van der Waals surface area contributed by atoms with E-state index in [0.717, 1.165) is 31.0 Å². The first kappa shape index (κ1) is 16.8. The van der Waals surface area contributed by atoms with Gasteiger partial charge in [0.25, 0.3) is 0 Å². The third-order valence-corrected chi connectivity index (χ3v) is 4.54. The van der Waals surface area contributed by atoms with Crippen molar-refractivity contribution in [3.8, 4) is 0 Å². The number of carbonyl (C=O) groups is 1. The Hall–Kier alpha value is -0.300. The Labute approximate surface area is 119 Å². The van der Waals surface area contributed by atoms with Crippen LogP contribution in [0.2, 0.25) is 0 Å². The molecule has 19 heavy (non-hydrogen) atoms. The maximum absolute atomic E-state index is 11.8. The minimum absolute atomic E-state index is 0.0333. The molecule has 0 spiro atoms. The van der Waals surface area contributed by atoms with Gasteiger partial charge in [-0.05, 0) is 18.3 Å². The number of rotatable bonds is 7. The van der Waals surface area contributed by atoms with Gasteiger partial charge in [-0.3, -0.25) is 4.79 Å². The van der Waals surface area contributed by atoms with Gasteiger partial charge in [-0.25, -0.2) is 0 Å². The van der Waals surface area contributed by atoms with Crippen LogP contribution in [-0.4, -0.2) is 37.2 Å². The zero-order valence-electron chi connectivity index (χ0n) is 10.7. The fraction of sp³-hybridized carbons (Fsp3) is 0.917. The molecule has 112 valence electrons. The normalized spacial score (nSPS) is 18.5. The molecule has 7 heteroatoms. The summed E-state index contributed by atoms with van der Waals surface area (Å²) < 4.78 is 39.8. The predicted octanol–water partition coefficient (Wildman–Crippen LogP) is 3.03. The van der Waals surface area contributed by atoms with Crippen LogP contribution in [0.25, 0.3) is 0 Å². The maximum atomic E-state index is 11.8. The van der Waals surface area contributed by atoms with Crippen LogP contribution in [0, 0.1) is 5.41 Å². The summed E-state index contributed by atoms with van der Waals surface area (Å²) in [5.41, 5.74) is 0.114. The van der Waals surface area contributed by atoms with Gasteiger partial charge in [0.05, 0.1) is 6.61 Å². The van der Waals surface area contributed by atoms with E-state index in [1.807, 2.05) is 0 Å². The molecule has 1 aliphatic rings. The Morgan fingerprint density at radius 2 is 1.95 bits per heavy atom. The fourth-order valence-electron chi connectivity index (χ4n) is 2.21. The minimum atomic E-state index is -4.33. The highest BCUT2D eigenvalue weighted by Gasteiger charge is 2.33. The molecule has 0 atom stereocenters. The molecule has 0 unspecified atom stereocenters. The van der Waals surface area contributed by atoms with E-state index < -0.39 is 12.8 Å². The molecule has 0 heterocycles. The van der Waals surface area contributed by atoms with Crippen molar-refractivity contribution in [2.45, 2.75) is 38.3 Å². The van der Waals surface area contributed by atoms with Gasteiger partial charge in [0.1, 0.15) is 6.61 Å². The summed E-state index contributed by atoms with van der Waals surface area (Å²) in [6, 6.07) is 0. The molecule has 1 aliphatic carbocycles. The van der Waals surface area contributed by atoms with Gasteiger partial charge < -0.3 is 10.1 Å². The average Bonchev–Trinajstić information content (AvgIpc) is 2.80. The molecule has 0 aromatic carbocycles. The highest BCUT2D eigenvalue weighted by Crippen LogP contribution is 2.38. The van der Waals surface area contributed by atoms with E-state index in [1.165, 1.54) is 0 Å². The van der Waals surface area contributed by atoms with Crippen molar-refractivity contribution in [1.29, 1.82) is 0 Å². The largest absolute Gasteiger partial charge is 0.411 e. The number of halogens is 4. The van der Waals surface area contributed by atoms with Gasteiger partial charge >= 0.3 is 6.18 Å². The lowest BCUT2D eigenvalue weighted by Crippen LogP contribution is -2.37. The smallest absolute Gasteiger partial charge is 0.372 e. The van der Waals surface area contributed by atoms with Gasteiger partial charge in [-0.1, -0.05) is 28.8 Å². The zero-order valence-corrected chi connectivity index (χ0v) is 12.3. The van der Waals surface area contributed by atoms with Gasteiger partial charge in [0, 0.05) is 18.3 Å². The summed E-state index contributed by atoms with van der Waals surface area (Å²) >= 11 is 3.47. The van der Waals surface area contributed by atoms with Crippen LogP contribution < -0.4 is 5.32 Å².